The summed E-state index contributed by atoms with van der Waals surface area (Å²) in [6.45, 7) is 4.19. The van der Waals surface area contributed by atoms with Gasteiger partial charge < -0.3 is 4.74 Å². The Bertz CT molecular complexity index is 356. The maximum absolute atomic E-state index is 12.2. The van der Waals surface area contributed by atoms with Crippen molar-refractivity contribution in [2.45, 2.75) is 42.8 Å². The molecule has 96 valence electrons. The van der Waals surface area contributed by atoms with Gasteiger partial charge in [-0.15, -0.1) is 23.5 Å². The third-order valence-electron chi connectivity index (χ3n) is 3.71. The second-order valence-corrected chi connectivity index (χ2v) is 7.84. The molecule has 1 saturated heterocycles. The van der Waals surface area contributed by atoms with E-state index in [4.69, 9.17) is 4.74 Å². The Morgan fingerprint density at radius 3 is 2.59 bits per heavy atom. The number of ketones is 1. The van der Waals surface area contributed by atoms with Crippen LogP contribution in [0.15, 0.2) is 11.8 Å². The van der Waals surface area contributed by atoms with Crippen LogP contribution in [0.4, 0.5) is 0 Å². The van der Waals surface area contributed by atoms with Gasteiger partial charge in [-0.3, -0.25) is 4.79 Å². The normalized spacial score (nSPS) is 30.2. The molecule has 2 aliphatic rings. The molecule has 0 amide bonds. The number of hydrogen-bond acceptors (Lipinski definition) is 4. The van der Waals surface area contributed by atoms with Crippen LogP contribution < -0.4 is 0 Å². The average Bonchev–Trinajstić information content (AvgIpc) is 2.27. The zero-order valence-electron chi connectivity index (χ0n) is 10.9. The highest BCUT2D eigenvalue weighted by atomic mass is 32.2. The van der Waals surface area contributed by atoms with E-state index in [1.54, 1.807) is 29.6 Å². The highest BCUT2D eigenvalue weighted by Crippen LogP contribution is 2.49. The number of allylic oxidation sites excluding steroid dienone is 2. The van der Waals surface area contributed by atoms with Gasteiger partial charge in [0.25, 0.3) is 0 Å². The van der Waals surface area contributed by atoms with Crippen LogP contribution >= 0.6 is 23.5 Å². The molecule has 0 aromatic heterocycles. The molecule has 1 atom stereocenters. The van der Waals surface area contributed by atoms with E-state index in [2.05, 4.69) is 13.8 Å². The van der Waals surface area contributed by atoms with Gasteiger partial charge in [-0.1, -0.05) is 0 Å². The van der Waals surface area contributed by atoms with Crippen molar-refractivity contribution in [3.8, 4) is 0 Å². The molecule has 1 unspecified atom stereocenters. The number of ether oxygens (including phenoxy) is 1. The summed E-state index contributed by atoms with van der Waals surface area (Å²) in [4.78, 5) is 12.2. The lowest BCUT2D eigenvalue weighted by atomic mass is 9.82. The lowest BCUT2D eigenvalue weighted by Gasteiger charge is -2.43. The molecule has 1 heterocycles. The van der Waals surface area contributed by atoms with Gasteiger partial charge in [-0.25, -0.2) is 0 Å². The minimum absolute atomic E-state index is 0.110. The number of rotatable bonds is 2. The van der Waals surface area contributed by atoms with Gasteiger partial charge in [0.05, 0.1) is 0 Å². The molecule has 0 saturated carbocycles. The third kappa shape index (κ3) is 2.39. The van der Waals surface area contributed by atoms with Gasteiger partial charge in [0.15, 0.2) is 5.78 Å². The topological polar surface area (TPSA) is 26.3 Å². The van der Waals surface area contributed by atoms with Crippen LogP contribution in [0.5, 0.6) is 0 Å². The van der Waals surface area contributed by atoms with Crippen LogP contribution in [0, 0.1) is 5.92 Å². The fourth-order valence-electron chi connectivity index (χ4n) is 2.58. The number of carbonyl (C=O) groups excluding carboxylic acids is 1. The van der Waals surface area contributed by atoms with Gasteiger partial charge in [0, 0.05) is 12.0 Å². The summed E-state index contributed by atoms with van der Waals surface area (Å²) in [5.41, 5.74) is -0.110. The summed E-state index contributed by atoms with van der Waals surface area (Å²) in [7, 11) is 0. The Labute approximate surface area is 112 Å². The predicted molar refractivity (Wildman–Crippen MR) is 75.4 cm³/mol. The van der Waals surface area contributed by atoms with Crippen molar-refractivity contribution in [3.05, 3.63) is 11.8 Å². The van der Waals surface area contributed by atoms with Crippen LogP contribution in [0.25, 0.3) is 0 Å². The molecule has 1 fully saturated rings. The molecule has 2 nitrogen and oxygen atoms in total. The lowest BCUT2D eigenvalue weighted by molar-refractivity contribution is -0.117. The summed E-state index contributed by atoms with van der Waals surface area (Å²) >= 11 is 3.34. The Hall–Kier alpha value is -0.0900. The fraction of sp³-hybridized carbons (Fsp3) is 0.769. The predicted octanol–water partition coefficient (Wildman–Crippen LogP) is 3.47. The molecule has 0 bridgehead atoms. The van der Waals surface area contributed by atoms with E-state index in [0.29, 0.717) is 5.92 Å². The Morgan fingerprint density at radius 1 is 1.35 bits per heavy atom. The largest absolute Gasteiger partial charge is 0.492 e. The Morgan fingerprint density at radius 2 is 2.00 bits per heavy atom. The van der Waals surface area contributed by atoms with E-state index in [1.807, 2.05) is 12.5 Å². The molecule has 0 radical (unpaired) electrons. The van der Waals surface area contributed by atoms with E-state index in [0.717, 1.165) is 25.0 Å². The van der Waals surface area contributed by atoms with Crippen LogP contribution in [0.2, 0.25) is 0 Å². The molecule has 0 aromatic rings. The van der Waals surface area contributed by atoms with Gasteiger partial charge in [0.1, 0.15) is 15.4 Å². The smallest absolute Gasteiger partial charge is 0.185 e. The number of fused-ring (bicyclic) bond motifs is 1. The fourth-order valence-corrected chi connectivity index (χ4v) is 4.51. The summed E-state index contributed by atoms with van der Waals surface area (Å²) in [5.74, 6) is 1.56. The minimum atomic E-state index is -0.279. The van der Waals surface area contributed by atoms with Crippen LogP contribution in [0.3, 0.4) is 0 Å². The van der Waals surface area contributed by atoms with E-state index < -0.39 is 0 Å². The van der Waals surface area contributed by atoms with Crippen molar-refractivity contribution < 1.29 is 9.53 Å². The van der Waals surface area contributed by atoms with Crippen molar-refractivity contribution in [2.24, 2.45) is 5.92 Å². The summed E-state index contributed by atoms with van der Waals surface area (Å²) in [5, 5.41) is 0. The molecule has 0 aromatic carbocycles. The molecule has 0 spiro atoms. The maximum atomic E-state index is 12.2. The number of thioether (sulfide) groups is 2. The monoisotopic (exact) mass is 272 g/mol. The zero-order chi connectivity index (χ0) is 12.7. The molecule has 4 heteroatoms. The molecule has 17 heavy (non-hydrogen) atoms. The Kier molecular flexibility index (Phi) is 3.56. The van der Waals surface area contributed by atoms with Gasteiger partial charge in [0.2, 0.25) is 0 Å². The molecule has 2 rings (SSSR count). The molecule has 0 N–H and O–H groups in total. The van der Waals surface area contributed by atoms with E-state index >= 15 is 0 Å². The summed E-state index contributed by atoms with van der Waals surface area (Å²) in [6, 6.07) is 0. The quantitative estimate of drug-likeness (QED) is 0.719. The third-order valence-corrected chi connectivity index (χ3v) is 6.77. The van der Waals surface area contributed by atoms with E-state index in [1.165, 1.54) is 0 Å². The first kappa shape index (κ1) is 13.3. The van der Waals surface area contributed by atoms with Gasteiger partial charge in [-0.05, 0) is 45.6 Å². The van der Waals surface area contributed by atoms with Crippen molar-refractivity contribution in [3.63, 3.8) is 0 Å². The van der Waals surface area contributed by atoms with Crippen molar-refractivity contribution in [2.75, 3.05) is 12.5 Å². The summed E-state index contributed by atoms with van der Waals surface area (Å²) in [6.07, 6.45) is 8.93. The van der Waals surface area contributed by atoms with Crippen molar-refractivity contribution in [1.29, 1.82) is 0 Å². The average molecular weight is 272 g/mol. The number of carbonyl (C=O) groups is 1. The molecule has 1 aliphatic carbocycles. The standard InChI is InChI=1S/C13H20O2S2/c1-12(2)6-5-9-8-13(16-3,17-4)11(14)7-10(9)15-12/h7,9H,5-6,8H2,1-4H3. The first-order valence-electron chi connectivity index (χ1n) is 5.98. The van der Waals surface area contributed by atoms with Gasteiger partial charge >= 0.3 is 0 Å². The second-order valence-electron chi connectivity index (χ2n) is 5.37. The first-order valence-corrected chi connectivity index (χ1v) is 8.43. The summed E-state index contributed by atoms with van der Waals surface area (Å²) < 4.78 is 5.67. The second kappa shape index (κ2) is 4.54. The SMILES string of the molecule is CSC1(SC)CC2CCC(C)(C)OC2=CC1=O. The Balaban J connectivity index is 2.27. The van der Waals surface area contributed by atoms with Crippen LogP contribution in [-0.4, -0.2) is 28.0 Å². The zero-order valence-corrected chi connectivity index (χ0v) is 12.5. The van der Waals surface area contributed by atoms with Crippen LogP contribution in [-0.2, 0) is 9.53 Å². The van der Waals surface area contributed by atoms with E-state index in [-0.39, 0.29) is 15.5 Å². The lowest BCUT2D eigenvalue weighted by Crippen LogP contribution is -2.42. The maximum Gasteiger partial charge on any atom is 0.185 e. The van der Waals surface area contributed by atoms with E-state index in [9.17, 15) is 4.79 Å². The minimum Gasteiger partial charge on any atom is -0.492 e. The molecule has 1 aliphatic heterocycles. The highest BCUT2D eigenvalue weighted by Gasteiger charge is 2.46. The first-order chi connectivity index (χ1) is 7.92. The van der Waals surface area contributed by atoms with Crippen molar-refractivity contribution >= 4 is 29.3 Å². The van der Waals surface area contributed by atoms with Crippen LogP contribution in [0.1, 0.15) is 33.1 Å². The number of hydrogen-bond donors (Lipinski definition) is 0. The molecular formula is C13H20O2S2. The molecular weight excluding hydrogens is 252 g/mol. The highest BCUT2D eigenvalue weighted by molar-refractivity contribution is 8.18. The van der Waals surface area contributed by atoms with Crippen molar-refractivity contribution in [1.82, 2.24) is 0 Å². The van der Waals surface area contributed by atoms with Gasteiger partial charge in [-0.2, -0.15) is 0 Å².